The van der Waals surface area contributed by atoms with Gasteiger partial charge in [0.2, 0.25) is 0 Å². The van der Waals surface area contributed by atoms with Gasteiger partial charge in [0.05, 0.1) is 5.60 Å². The van der Waals surface area contributed by atoms with E-state index in [4.69, 9.17) is 0 Å². The normalized spacial score (nSPS) is 24.0. The largest absolute Gasteiger partial charge is 0.389 e. The second kappa shape index (κ2) is 5.28. The maximum absolute atomic E-state index is 9.68. The summed E-state index contributed by atoms with van der Waals surface area (Å²) in [6.07, 6.45) is 3.91. The van der Waals surface area contributed by atoms with E-state index in [9.17, 15) is 5.11 Å². The lowest BCUT2D eigenvalue weighted by Crippen LogP contribution is -2.38. The van der Waals surface area contributed by atoms with E-state index in [0.29, 0.717) is 0 Å². The summed E-state index contributed by atoms with van der Waals surface area (Å²) in [7, 11) is 4.31. The maximum Gasteiger partial charge on any atom is 0.0718 e. The van der Waals surface area contributed by atoms with Crippen LogP contribution in [0.5, 0.6) is 0 Å². The van der Waals surface area contributed by atoms with Gasteiger partial charge in [0.15, 0.2) is 0 Å². The minimum absolute atomic E-state index is 0.573. The third-order valence-electron chi connectivity index (χ3n) is 3.17. The summed E-state index contributed by atoms with van der Waals surface area (Å²) in [6, 6.07) is 0.759. The summed E-state index contributed by atoms with van der Waals surface area (Å²) in [6.45, 7) is 6.82. The second-order valence-corrected chi connectivity index (χ2v) is 5.62. The number of hydrogen-bond donors (Lipinski definition) is 1. The predicted octanol–water partition coefficient (Wildman–Crippen LogP) is 1.17. The monoisotopic (exact) mass is 214 g/mol. The topological polar surface area (TPSA) is 26.7 Å². The zero-order valence-corrected chi connectivity index (χ0v) is 10.7. The molecule has 15 heavy (non-hydrogen) atoms. The highest BCUT2D eigenvalue weighted by Gasteiger charge is 2.22. The van der Waals surface area contributed by atoms with Gasteiger partial charge in [0.25, 0.3) is 0 Å². The molecule has 3 nitrogen and oxygen atoms in total. The number of likely N-dealkylation sites (tertiary alicyclic amines) is 1. The summed E-state index contributed by atoms with van der Waals surface area (Å²) >= 11 is 0. The van der Waals surface area contributed by atoms with E-state index in [-0.39, 0.29) is 0 Å². The van der Waals surface area contributed by atoms with E-state index in [0.717, 1.165) is 19.1 Å². The van der Waals surface area contributed by atoms with Gasteiger partial charge in [-0.1, -0.05) is 0 Å². The molecule has 3 heteroatoms. The van der Waals surface area contributed by atoms with Gasteiger partial charge in [-0.25, -0.2) is 0 Å². The fourth-order valence-corrected chi connectivity index (χ4v) is 2.45. The molecule has 0 radical (unpaired) electrons. The van der Waals surface area contributed by atoms with Gasteiger partial charge >= 0.3 is 0 Å². The molecule has 0 aromatic rings. The van der Waals surface area contributed by atoms with Crippen molar-refractivity contribution in [2.75, 3.05) is 33.7 Å². The number of aliphatic hydroxyl groups is 1. The van der Waals surface area contributed by atoms with E-state index < -0.39 is 5.60 Å². The molecule has 1 N–H and O–H groups in total. The molecule has 1 rings (SSSR count). The van der Waals surface area contributed by atoms with Crippen LogP contribution in [0.15, 0.2) is 0 Å². The van der Waals surface area contributed by atoms with E-state index in [1.807, 2.05) is 13.8 Å². The fourth-order valence-electron chi connectivity index (χ4n) is 2.45. The van der Waals surface area contributed by atoms with Gasteiger partial charge in [-0.05, 0) is 60.3 Å². The average molecular weight is 214 g/mol. The van der Waals surface area contributed by atoms with Crippen molar-refractivity contribution >= 4 is 0 Å². The van der Waals surface area contributed by atoms with Crippen LogP contribution in [0.4, 0.5) is 0 Å². The Bertz CT molecular complexity index is 189. The van der Waals surface area contributed by atoms with Crippen molar-refractivity contribution in [2.45, 2.75) is 44.8 Å². The zero-order valence-electron chi connectivity index (χ0n) is 10.7. The van der Waals surface area contributed by atoms with Gasteiger partial charge in [-0.15, -0.1) is 0 Å². The van der Waals surface area contributed by atoms with Crippen molar-refractivity contribution in [1.82, 2.24) is 9.80 Å². The SMILES string of the molecule is CN(CCC1CCCN1C)CC(C)(C)O. The Morgan fingerprint density at radius 1 is 1.47 bits per heavy atom. The van der Waals surface area contributed by atoms with Gasteiger partial charge in [0.1, 0.15) is 0 Å². The Hall–Kier alpha value is -0.120. The van der Waals surface area contributed by atoms with Gasteiger partial charge in [0, 0.05) is 12.6 Å². The van der Waals surface area contributed by atoms with Gasteiger partial charge in [-0.2, -0.15) is 0 Å². The molecule has 0 aliphatic carbocycles. The molecule has 0 saturated carbocycles. The third kappa shape index (κ3) is 4.96. The molecular formula is C12H26N2O. The highest BCUT2D eigenvalue weighted by Crippen LogP contribution is 2.18. The standard InChI is InChI=1S/C12H26N2O/c1-12(2,15)10-13(3)9-7-11-6-5-8-14(11)4/h11,15H,5-10H2,1-4H3. The molecule has 1 heterocycles. The summed E-state index contributed by atoms with van der Waals surface area (Å²) in [5.41, 5.74) is -0.573. The Kier molecular flexibility index (Phi) is 4.56. The van der Waals surface area contributed by atoms with Crippen molar-refractivity contribution < 1.29 is 5.11 Å². The van der Waals surface area contributed by atoms with Crippen LogP contribution in [0, 0.1) is 0 Å². The van der Waals surface area contributed by atoms with Crippen LogP contribution in [0.1, 0.15) is 33.1 Å². The lowest BCUT2D eigenvalue weighted by molar-refractivity contribution is 0.0427. The third-order valence-corrected chi connectivity index (χ3v) is 3.17. The Balaban J connectivity index is 2.19. The number of likely N-dealkylation sites (N-methyl/N-ethyl adjacent to an activating group) is 1. The molecule has 90 valence electrons. The van der Waals surface area contributed by atoms with Crippen LogP contribution in [0.3, 0.4) is 0 Å². The molecule has 1 atom stereocenters. The van der Waals surface area contributed by atoms with Crippen molar-refractivity contribution in [1.29, 1.82) is 0 Å². The lowest BCUT2D eigenvalue weighted by atomic mass is 10.1. The number of hydrogen-bond acceptors (Lipinski definition) is 3. The van der Waals surface area contributed by atoms with Crippen LogP contribution in [0.25, 0.3) is 0 Å². The minimum atomic E-state index is -0.573. The molecule has 0 aromatic carbocycles. The second-order valence-electron chi connectivity index (χ2n) is 5.62. The van der Waals surface area contributed by atoms with Crippen LogP contribution in [0.2, 0.25) is 0 Å². The minimum Gasteiger partial charge on any atom is -0.389 e. The molecule has 0 aromatic heterocycles. The molecule has 0 amide bonds. The molecule has 1 saturated heterocycles. The number of rotatable bonds is 5. The van der Waals surface area contributed by atoms with E-state index >= 15 is 0 Å². The molecule has 1 unspecified atom stereocenters. The van der Waals surface area contributed by atoms with E-state index in [1.54, 1.807) is 0 Å². The summed E-state index contributed by atoms with van der Waals surface area (Å²) in [5, 5.41) is 9.68. The quantitative estimate of drug-likeness (QED) is 0.744. The molecule has 1 aliphatic heterocycles. The lowest BCUT2D eigenvalue weighted by Gasteiger charge is -2.27. The number of nitrogens with zero attached hydrogens (tertiary/aromatic N) is 2. The summed E-state index contributed by atoms with van der Waals surface area (Å²) in [5.74, 6) is 0. The maximum atomic E-state index is 9.68. The molecular weight excluding hydrogens is 188 g/mol. The first-order chi connectivity index (χ1) is 6.88. The molecule has 1 fully saturated rings. The van der Waals surface area contributed by atoms with Crippen molar-refractivity contribution in [3.05, 3.63) is 0 Å². The summed E-state index contributed by atoms with van der Waals surface area (Å²) in [4.78, 5) is 4.68. The Morgan fingerprint density at radius 2 is 2.13 bits per heavy atom. The first kappa shape index (κ1) is 12.9. The molecule has 0 bridgehead atoms. The van der Waals surface area contributed by atoms with Gasteiger partial charge < -0.3 is 14.9 Å². The fraction of sp³-hybridized carbons (Fsp3) is 1.00. The van der Waals surface area contributed by atoms with Crippen LogP contribution in [-0.4, -0.2) is 60.3 Å². The first-order valence-corrected chi connectivity index (χ1v) is 5.99. The Morgan fingerprint density at radius 3 is 2.60 bits per heavy atom. The molecule has 1 aliphatic rings. The average Bonchev–Trinajstić information content (AvgIpc) is 2.44. The zero-order chi connectivity index (χ0) is 11.5. The van der Waals surface area contributed by atoms with Crippen LogP contribution < -0.4 is 0 Å². The summed E-state index contributed by atoms with van der Waals surface area (Å²) < 4.78 is 0. The highest BCUT2D eigenvalue weighted by molar-refractivity contribution is 4.78. The van der Waals surface area contributed by atoms with Crippen molar-refractivity contribution in [2.24, 2.45) is 0 Å². The van der Waals surface area contributed by atoms with E-state index in [1.165, 1.54) is 25.8 Å². The first-order valence-electron chi connectivity index (χ1n) is 5.99. The predicted molar refractivity (Wildman–Crippen MR) is 64.1 cm³/mol. The van der Waals surface area contributed by atoms with Crippen molar-refractivity contribution in [3.63, 3.8) is 0 Å². The van der Waals surface area contributed by atoms with Gasteiger partial charge in [-0.3, -0.25) is 0 Å². The molecule has 0 spiro atoms. The Labute approximate surface area is 94.1 Å². The van der Waals surface area contributed by atoms with Crippen LogP contribution >= 0.6 is 0 Å². The van der Waals surface area contributed by atoms with E-state index in [2.05, 4.69) is 23.9 Å². The smallest absolute Gasteiger partial charge is 0.0718 e. The highest BCUT2D eigenvalue weighted by atomic mass is 16.3. The van der Waals surface area contributed by atoms with Crippen LogP contribution in [-0.2, 0) is 0 Å². The van der Waals surface area contributed by atoms with Crippen molar-refractivity contribution in [3.8, 4) is 0 Å².